The number of rotatable bonds is 6. The lowest BCUT2D eigenvalue weighted by molar-refractivity contribution is 0.260. The normalized spacial score (nSPS) is 12.5. The van der Waals surface area contributed by atoms with E-state index in [2.05, 4.69) is 12.2 Å². The number of hydrogen-bond donors (Lipinski definition) is 1. The molecule has 4 heteroatoms. The molecule has 0 aliphatic rings. The average Bonchev–Trinajstić information content (AvgIpc) is 2.23. The van der Waals surface area contributed by atoms with Crippen molar-refractivity contribution in [2.45, 2.75) is 25.8 Å². The third kappa shape index (κ3) is 4.14. The van der Waals surface area contributed by atoms with Crippen LogP contribution in [-0.2, 0) is 0 Å². The van der Waals surface area contributed by atoms with Crippen molar-refractivity contribution < 1.29 is 13.5 Å². The topological polar surface area (TPSA) is 21.3 Å². The van der Waals surface area contributed by atoms with Crippen LogP contribution in [0.1, 0.15) is 19.8 Å². The highest BCUT2D eigenvalue weighted by atomic mass is 19.1. The fourth-order valence-electron chi connectivity index (χ4n) is 1.47. The molecule has 0 aliphatic heterocycles. The van der Waals surface area contributed by atoms with E-state index in [0.29, 0.717) is 6.61 Å². The summed E-state index contributed by atoms with van der Waals surface area (Å²) in [5.41, 5.74) is 0. The first-order valence-corrected chi connectivity index (χ1v) is 5.42. The first-order valence-electron chi connectivity index (χ1n) is 5.42. The van der Waals surface area contributed by atoms with Crippen LogP contribution in [0.3, 0.4) is 0 Å². The van der Waals surface area contributed by atoms with E-state index in [4.69, 9.17) is 4.74 Å². The van der Waals surface area contributed by atoms with Crippen LogP contribution in [0.25, 0.3) is 0 Å². The maximum atomic E-state index is 12.8. The molecule has 0 amide bonds. The van der Waals surface area contributed by atoms with E-state index in [1.165, 1.54) is 12.1 Å². The van der Waals surface area contributed by atoms with E-state index in [9.17, 15) is 8.78 Å². The minimum atomic E-state index is -0.619. The molecule has 0 radical (unpaired) electrons. The van der Waals surface area contributed by atoms with Crippen LogP contribution in [0.2, 0.25) is 0 Å². The molecule has 0 saturated heterocycles. The van der Waals surface area contributed by atoms with E-state index < -0.39 is 11.6 Å². The van der Waals surface area contributed by atoms with Gasteiger partial charge in [0, 0.05) is 24.2 Å². The number of hydrogen-bond acceptors (Lipinski definition) is 2. The Morgan fingerprint density at radius 1 is 1.25 bits per heavy atom. The number of likely N-dealkylation sites (N-methyl/N-ethyl adjacent to an activating group) is 1. The lowest BCUT2D eigenvalue weighted by Gasteiger charge is -2.16. The molecule has 1 unspecified atom stereocenters. The highest BCUT2D eigenvalue weighted by molar-refractivity contribution is 5.23. The highest BCUT2D eigenvalue weighted by Crippen LogP contribution is 2.15. The Bertz CT molecular complexity index is 311. The van der Waals surface area contributed by atoms with E-state index in [1.54, 1.807) is 0 Å². The van der Waals surface area contributed by atoms with Crippen molar-refractivity contribution in [3.63, 3.8) is 0 Å². The zero-order chi connectivity index (χ0) is 12.0. The average molecular weight is 229 g/mol. The van der Waals surface area contributed by atoms with Crippen LogP contribution >= 0.6 is 0 Å². The van der Waals surface area contributed by atoms with Gasteiger partial charge < -0.3 is 10.1 Å². The molecule has 1 atom stereocenters. The Kier molecular flexibility index (Phi) is 5.19. The molecule has 16 heavy (non-hydrogen) atoms. The Hall–Kier alpha value is -1.16. The molecule has 0 aromatic heterocycles. The van der Waals surface area contributed by atoms with Crippen LogP contribution in [0.5, 0.6) is 5.75 Å². The van der Waals surface area contributed by atoms with Crippen LogP contribution in [0.15, 0.2) is 18.2 Å². The first-order chi connectivity index (χ1) is 7.65. The molecule has 1 rings (SSSR count). The second-order valence-electron chi connectivity index (χ2n) is 3.69. The molecule has 0 bridgehead atoms. The maximum Gasteiger partial charge on any atom is 0.129 e. The van der Waals surface area contributed by atoms with Gasteiger partial charge in [0.05, 0.1) is 0 Å². The molecule has 0 heterocycles. The third-order valence-electron chi connectivity index (χ3n) is 2.33. The van der Waals surface area contributed by atoms with E-state index in [0.717, 1.165) is 18.9 Å². The first kappa shape index (κ1) is 12.9. The predicted molar refractivity (Wildman–Crippen MR) is 59.6 cm³/mol. The van der Waals surface area contributed by atoms with Crippen LogP contribution in [0.4, 0.5) is 8.78 Å². The molecule has 90 valence electrons. The molecule has 0 saturated carbocycles. The molecule has 1 aromatic rings. The zero-order valence-electron chi connectivity index (χ0n) is 9.59. The van der Waals surface area contributed by atoms with Crippen molar-refractivity contribution in [1.29, 1.82) is 0 Å². The Labute approximate surface area is 94.6 Å². The van der Waals surface area contributed by atoms with Gasteiger partial charge in [-0.3, -0.25) is 0 Å². The van der Waals surface area contributed by atoms with Gasteiger partial charge in [-0.1, -0.05) is 13.3 Å². The number of nitrogens with one attached hydrogen (secondary N) is 1. The summed E-state index contributed by atoms with van der Waals surface area (Å²) < 4.78 is 31.0. The summed E-state index contributed by atoms with van der Waals surface area (Å²) in [6, 6.07) is 3.40. The third-order valence-corrected chi connectivity index (χ3v) is 2.33. The van der Waals surface area contributed by atoms with Crippen molar-refractivity contribution in [1.82, 2.24) is 5.32 Å². The summed E-state index contributed by atoms with van der Waals surface area (Å²) in [6.07, 6.45) is 2.00. The number of benzene rings is 1. The molecular formula is C12H17F2NO. The lowest BCUT2D eigenvalue weighted by atomic mass is 10.2. The van der Waals surface area contributed by atoms with Gasteiger partial charge in [0.25, 0.3) is 0 Å². The van der Waals surface area contributed by atoms with Crippen molar-refractivity contribution in [3.8, 4) is 5.75 Å². The number of ether oxygens (including phenoxy) is 1. The fourth-order valence-corrected chi connectivity index (χ4v) is 1.47. The SMILES string of the molecule is CCCC(COc1cc(F)cc(F)c1)NC. The zero-order valence-corrected chi connectivity index (χ0v) is 9.59. The second kappa shape index (κ2) is 6.43. The molecule has 0 fully saturated rings. The molecule has 2 nitrogen and oxygen atoms in total. The summed E-state index contributed by atoms with van der Waals surface area (Å²) in [5.74, 6) is -1.01. The van der Waals surface area contributed by atoms with Gasteiger partial charge in [0.2, 0.25) is 0 Å². The molecular weight excluding hydrogens is 212 g/mol. The smallest absolute Gasteiger partial charge is 0.129 e. The maximum absolute atomic E-state index is 12.8. The van der Waals surface area contributed by atoms with Crippen molar-refractivity contribution in [2.75, 3.05) is 13.7 Å². The fraction of sp³-hybridized carbons (Fsp3) is 0.500. The van der Waals surface area contributed by atoms with Crippen LogP contribution in [-0.4, -0.2) is 19.7 Å². The Morgan fingerprint density at radius 3 is 2.38 bits per heavy atom. The van der Waals surface area contributed by atoms with Crippen molar-refractivity contribution >= 4 is 0 Å². The van der Waals surface area contributed by atoms with Gasteiger partial charge in [-0.2, -0.15) is 0 Å². The summed E-state index contributed by atoms with van der Waals surface area (Å²) in [5, 5.41) is 3.09. The summed E-state index contributed by atoms with van der Waals surface area (Å²) in [6.45, 7) is 2.49. The van der Waals surface area contributed by atoms with Crippen LogP contribution < -0.4 is 10.1 Å². The molecule has 0 aliphatic carbocycles. The van der Waals surface area contributed by atoms with Crippen molar-refractivity contribution in [3.05, 3.63) is 29.8 Å². The van der Waals surface area contributed by atoms with Crippen LogP contribution in [0, 0.1) is 11.6 Å². The minimum Gasteiger partial charge on any atom is -0.492 e. The largest absolute Gasteiger partial charge is 0.492 e. The number of halogens is 2. The van der Waals surface area contributed by atoms with Gasteiger partial charge in [0.15, 0.2) is 0 Å². The van der Waals surface area contributed by atoms with E-state index in [-0.39, 0.29) is 11.8 Å². The summed E-state index contributed by atoms with van der Waals surface area (Å²) in [4.78, 5) is 0. The lowest BCUT2D eigenvalue weighted by Crippen LogP contribution is -2.31. The quantitative estimate of drug-likeness (QED) is 0.809. The molecule has 1 N–H and O–H groups in total. The van der Waals surface area contributed by atoms with Gasteiger partial charge >= 0.3 is 0 Å². The predicted octanol–water partition coefficient (Wildman–Crippen LogP) is 2.73. The van der Waals surface area contributed by atoms with Gasteiger partial charge in [-0.25, -0.2) is 8.78 Å². The Balaban J connectivity index is 2.52. The van der Waals surface area contributed by atoms with E-state index in [1.807, 2.05) is 7.05 Å². The van der Waals surface area contributed by atoms with E-state index >= 15 is 0 Å². The van der Waals surface area contributed by atoms with Crippen molar-refractivity contribution in [2.24, 2.45) is 0 Å². The second-order valence-corrected chi connectivity index (χ2v) is 3.69. The summed E-state index contributed by atoms with van der Waals surface area (Å²) in [7, 11) is 1.84. The minimum absolute atomic E-state index is 0.205. The van der Waals surface area contributed by atoms with Gasteiger partial charge in [-0.05, 0) is 13.5 Å². The molecule has 0 spiro atoms. The Morgan fingerprint density at radius 2 is 1.88 bits per heavy atom. The van der Waals surface area contributed by atoms with Gasteiger partial charge in [-0.15, -0.1) is 0 Å². The monoisotopic (exact) mass is 229 g/mol. The molecule has 1 aromatic carbocycles. The highest BCUT2D eigenvalue weighted by Gasteiger charge is 2.07. The standard InChI is InChI=1S/C12H17F2NO/c1-3-4-11(15-2)8-16-12-6-9(13)5-10(14)7-12/h5-7,11,15H,3-4,8H2,1-2H3. The summed E-state index contributed by atoms with van der Waals surface area (Å²) >= 11 is 0. The van der Waals surface area contributed by atoms with Gasteiger partial charge in [0.1, 0.15) is 24.0 Å².